The summed E-state index contributed by atoms with van der Waals surface area (Å²) in [4.78, 5) is 9.65. The summed E-state index contributed by atoms with van der Waals surface area (Å²) in [6, 6.07) is 27.2. The van der Waals surface area contributed by atoms with Crippen molar-refractivity contribution in [2.75, 3.05) is 13.6 Å². The van der Waals surface area contributed by atoms with Crippen molar-refractivity contribution in [2.45, 2.75) is 57.7 Å². The molecule has 0 amide bonds. The molecule has 5 heteroatoms. The molecule has 1 fully saturated rings. The molecule has 1 aliphatic heterocycles. The van der Waals surface area contributed by atoms with Gasteiger partial charge >= 0.3 is 0 Å². The normalized spacial score (nSPS) is 16.9. The van der Waals surface area contributed by atoms with E-state index < -0.39 is 0 Å². The van der Waals surface area contributed by atoms with E-state index in [1.165, 1.54) is 43.2 Å². The summed E-state index contributed by atoms with van der Waals surface area (Å²) in [6.07, 6.45) is 7.63. The molecule has 2 N–H and O–H groups in total. The van der Waals surface area contributed by atoms with Gasteiger partial charge in [0.1, 0.15) is 11.5 Å². The zero-order valence-corrected chi connectivity index (χ0v) is 21.4. The Morgan fingerprint density at radius 2 is 1.67 bits per heavy atom. The van der Waals surface area contributed by atoms with Crippen molar-refractivity contribution in [1.29, 1.82) is 0 Å². The van der Waals surface area contributed by atoms with Gasteiger partial charge in [0.05, 0.1) is 5.69 Å². The smallest absolute Gasteiger partial charge is 0.197 e. The average Bonchev–Trinajstić information content (AvgIpc) is 2.91. The quantitative estimate of drug-likeness (QED) is 0.368. The van der Waals surface area contributed by atoms with Gasteiger partial charge in [-0.05, 0) is 68.1 Å². The lowest BCUT2D eigenvalue weighted by atomic mass is 9.81. The van der Waals surface area contributed by atoms with E-state index in [4.69, 9.17) is 15.5 Å². The Balaban J connectivity index is 1.32. The second-order valence-corrected chi connectivity index (χ2v) is 10.3. The van der Waals surface area contributed by atoms with E-state index in [0.29, 0.717) is 17.9 Å². The number of para-hydroxylation sites is 1. The lowest BCUT2D eigenvalue weighted by Gasteiger charge is -2.42. The van der Waals surface area contributed by atoms with Gasteiger partial charge < -0.3 is 20.3 Å². The van der Waals surface area contributed by atoms with Crippen LogP contribution in [0.3, 0.4) is 0 Å². The first-order valence-electron chi connectivity index (χ1n) is 13.3. The third kappa shape index (κ3) is 6.08. The molecule has 0 spiro atoms. The van der Waals surface area contributed by atoms with Crippen molar-refractivity contribution in [3.63, 3.8) is 0 Å². The molecule has 2 aliphatic rings. The van der Waals surface area contributed by atoms with Crippen molar-refractivity contribution in [3.05, 3.63) is 90.0 Å². The molecule has 3 aromatic carbocycles. The van der Waals surface area contributed by atoms with Gasteiger partial charge in [0, 0.05) is 31.2 Å². The SMILES string of the molecule is CN(CC[C@@H](C1CCCCC1)N1Cc2cc(Oc3ccccc3)ccc2N=C1N)Cc1ccccc1. The van der Waals surface area contributed by atoms with Crippen LogP contribution in [-0.2, 0) is 13.1 Å². The molecule has 36 heavy (non-hydrogen) atoms. The minimum absolute atomic E-state index is 0.388. The van der Waals surface area contributed by atoms with Crippen LogP contribution in [0, 0.1) is 5.92 Å². The number of nitrogens with zero attached hydrogens (tertiary/aromatic N) is 3. The molecule has 5 rings (SSSR count). The molecule has 5 nitrogen and oxygen atoms in total. The molecule has 1 atom stereocenters. The van der Waals surface area contributed by atoms with E-state index in [1.54, 1.807) is 0 Å². The maximum absolute atomic E-state index is 6.62. The minimum atomic E-state index is 0.388. The molecule has 3 aromatic rings. The van der Waals surface area contributed by atoms with Crippen molar-refractivity contribution < 1.29 is 4.74 Å². The number of hydrogen-bond acceptors (Lipinski definition) is 5. The first-order chi connectivity index (χ1) is 17.7. The van der Waals surface area contributed by atoms with Crippen molar-refractivity contribution in [2.24, 2.45) is 16.6 Å². The Kier molecular flexibility index (Phi) is 7.87. The monoisotopic (exact) mass is 482 g/mol. The summed E-state index contributed by atoms with van der Waals surface area (Å²) in [5, 5.41) is 0. The fourth-order valence-electron chi connectivity index (χ4n) is 5.72. The second-order valence-electron chi connectivity index (χ2n) is 10.3. The van der Waals surface area contributed by atoms with E-state index in [9.17, 15) is 0 Å². The van der Waals surface area contributed by atoms with E-state index in [1.807, 2.05) is 42.5 Å². The number of nitrogens with two attached hydrogens (primary N) is 1. The number of aliphatic imine (C=N–C) groups is 1. The highest BCUT2D eigenvalue weighted by atomic mass is 16.5. The van der Waals surface area contributed by atoms with Gasteiger partial charge in [-0.25, -0.2) is 4.99 Å². The molecular weight excluding hydrogens is 444 g/mol. The molecule has 0 radical (unpaired) electrons. The molecule has 0 unspecified atom stereocenters. The van der Waals surface area contributed by atoms with Crippen molar-refractivity contribution >= 4 is 11.6 Å². The molecule has 0 bridgehead atoms. The van der Waals surface area contributed by atoms with Gasteiger partial charge in [0.25, 0.3) is 0 Å². The van der Waals surface area contributed by atoms with E-state index in [2.05, 4.69) is 53.2 Å². The Hall–Kier alpha value is -3.31. The first kappa shape index (κ1) is 24.4. The summed E-state index contributed by atoms with van der Waals surface area (Å²) >= 11 is 0. The highest BCUT2D eigenvalue weighted by molar-refractivity contribution is 5.84. The zero-order chi connectivity index (χ0) is 24.7. The molecule has 1 heterocycles. The number of ether oxygens (including phenoxy) is 1. The summed E-state index contributed by atoms with van der Waals surface area (Å²) in [6.45, 7) is 2.77. The van der Waals surface area contributed by atoms with Gasteiger partial charge in [0.2, 0.25) is 0 Å². The van der Waals surface area contributed by atoms with Gasteiger partial charge in [-0.1, -0.05) is 67.8 Å². The van der Waals surface area contributed by atoms with Crippen LogP contribution in [0.4, 0.5) is 5.69 Å². The number of hydrogen-bond donors (Lipinski definition) is 1. The Morgan fingerprint density at radius 3 is 2.42 bits per heavy atom. The van der Waals surface area contributed by atoms with Crippen molar-refractivity contribution in [1.82, 2.24) is 9.80 Å². The summed E-state index contributed by atoms with van der Waals surface area (Å²) < 4.78 is 6.11. The summed E-state index contributed by atoms with van der Waals surface area (Å²) in [5.41, 5.74) is 10.1. The maximum Gasteiger partial charge on any atom is 0.197 e. The lowest BCUT2D eigenvalue weighted by Crippen LogP contribution is -2.50. The summed E-state index contributed by atoms with van der Waals surface area (Å²) in [7, 11) is 2.22. The number of fused-ring (bicyclic) bond motifs is 1. The standard InChI is InChI=1S/C31H38N4O/c1-34(22-24-11-5-2-6-12-24)20-19-30(25-13-7-3-8-14-25)35-23-26-21-28(17-18-29(26)33-31(35)32)36-27-15-9-4-10-16-27/h2,4-6,9-12,15-18,21,25,30H,3,7-8,13-14,19-20,22-23H2,1H3,(H2,32,33)/t30-/m0/s1. The molecule has 1 aliphatic carbocycles. The molecule has 0 saturated heterocycles. The van der Waals surface area contributed by atoms with E-state index in [-0.39, 0.29) is 0 Å². The third-order valence-electron chi connectivity index (χ3n) is 7.60. The van der Waals surface area contributed by atoms with Gasteiger partial charge in [-0.15, -0.1) is 0 Å². The van der Waals surface area contributed by atoms with Crippen LogP contribution >= 0.6 is 0 Å². The van der Waals surface area contributed by atoms with Crippen LogP contribution < -0.4 is 10.5 Å². The van der Waals surface area contributed by atoms with Crippen LogP contribution in [0.1, 0.15) is 49.7 Å². The maximum atomic E-state index is 6.62. The third-order valence-corrected chi connectivity index (χ3v) is 7.60. The van der Waals surface area contributed by atoms with Crippen LogP contribution in [0.2, 0.25) is 0 Å². The van der Waals surface area contributed by atoms with Gasteiger partial charge in [-0.3, -0.25) is 0 Å². The number of guanidine groups is 1. The van der Waals surface area contributed by atoms with E-state index >= 15 is 0 Å². The van der Waals surface area contributed by atoms with Gasteiger partial charge in [-0.2, -0.15) is 0 Å². The minimum Gasteiger partial charge on any atom is -0.457 e. The Morgan fingerprint density at radius 1 is 0.944 bits per heavy atom. The number of rotatable bonds is 9. The largest absolute Gasteiger partial charge is 0.457 e. The highest BCUT2D eigenvalue weighted by Crippen LogP contribution is 2.36. The van der Waals surface area contributed by atoms with E-state index in [0.717, 1.165) is 43.2 Å². The number of benzene rings is 3. The summed E-state index contributed by atoms with van der Waals surface area (Å²) in [5.74, 6) is 2.99. The molecular formula is C31H38N4O. The van der Waals surface area contributed by atoms with Gasteiger partial charge in [0.15, 0.2) is 5.96 Å². The lowest BCUT2D eigenvalue weighted by molar-refractivity contribution is 0.149. The molecule has 0 aromatic heterocycles. The first-order valence-corrected chi connectivity index (χ1v) is 13.3. The van der Waals surface area contributed by atoms with Crippen LogP contribution in [0.5, 0.6) is 11.5 Å². The predicted octanol–water partition coefficient (Wildman–Crippen LogP) is 6.71. The highest BCUT2D eigenvalue weighted by Gasteiger charge is 2.32. The van der Waals surface area contributed by atoms with Crippen LogP contribution in [0.25, 0.3) is 0 Å². The van der Waals surface area contributed by atoms with Crippen LogP contribution in [-0.4, -0.2) is 35.4 Å². The molecule has 1 saturated carbocycles. The average molecular weight is 483 g/mol. The Bertz CT molecular complexity index is 1140. The fraction of sp³-hybridized carbons (Fsp3) is 0.387. The Labute approximate surface area is 215 Å². The second kappa shape index (κ2) is 11.6. The van der Waals surface area contributed by atoms with Crippen molar-refractivity contribution in [3.8, 4) is 11.5 Å². The predicted molar refractivity (Wildman–Crippen MR) is 148 cm³/mol. The molecule has 188 valence electrons. The topological polar surface area (TPSA) is 54.1 Å². The van der Waals surface area contributed by atoms with Crippen LogP contribution in [0.15, 0.2) is 83.9 Å². The fourth-order valence-corrected chi connectivity index (χ4v) is 5.72. The zero-order valence-electron chi connectivity index (χ0n) is 21.4.